The summed E-state index contributed by atoms with van der Waals surface area (Å²) in [7, 11) is -3.96. The van der Waals surface area contributed by atoms with E-state index in [1.165, 1.54) is 0 Å². The van der Waals surface area contributed by atoms with Gasteiger partial charge in [0.15, 0.2) is 5.69 Å². The lowest BCUT2D eigenvalue weighted by Crippen LogP contribution is -2.38. The van der Waals surface area contributed by atoms with Gasteiger partial charge in [-0.3, -0.25) is 0 Å². The van der Waals surface area contributed by atoms with Crippen molar-refractivity contribution in [2.24, 2.45) is 5.92 Å². The number of halogens is 3. The molecule has 0 N–H and O–H groups in total. The summed E-state index contributed by atoms with van der Waals surface area (Å²) in [6.07, 6.45) is -1.39. The summed E-state index contributed by atoms with van der Waals surface area (Å²) in [5.41, 5.74) is -1.29. The number of hydrogen-bond donors (Lipinski definition) is 0. The van der Waals surface area contributed by atoms with Crippen molar-refractivity contribution in [3.05, 3.63) is 11.9 Å². The van der Waals surface area contributed by atoms with Gasteiger partial charge in [-0.25, -0.2) is 8.42 Å². The molecule has 0 aromatic carbocycles. The van der Waals surface area contributed by atoms with Gasteiger partial charge in [0.2, 0.25) is 0 Å². The molecule has 0 saturated heterocycles. The van der Waals surface area contributed by atoms with Gasteiger partial charge in [-0.1, -0.05) is 17.5 Å². The molecule has 1 aliphatic rings. The van der Waals surface area contributed by atoms with Crippen LogP contribution in [-0.2, 0) is 16.2 Å². The lowest BCUT2D eigenvalue weighted by molar-refractivity contribution is -0.141. The maximum atomic E-state index is 12.4. The highest BCUT2D eigenvalue weighted by Gasteiger charge is 2.40. The van der Waals surface area contributed by atoms with E-state index in [1.807, 2.05) is 0 Å². The third kappa shape index (κ3) is 2.60. The molecule has 2 rings (SSSR count). The van der Waals surface area contributed by atoms with Gasteiger partial charge in [0.25, 0.3) is 10.0 Å². The fraction of sp³-hybridized carbons (Fsp3) is 0.800. The summed E-state index contributed by atoms with van der Waals surface area (Å²) < 4.78 is 61.8. The Bertz CT molecular complexity index is 549. The molecule has 0 bridgehead atoms. The van der Waals surface area contributed by atoms with Crippen LogP contribution in [0.25, 0.3) is 0 Å². The van der Waals surface area contributed by atoms with Crippen LogP contribution in [-0.4, -0.2) is 28.1 Å². The average Bonchev–Trinajstić information content (AvgIpc) is 2.71. The summed E-state index contributed by atoms with van der Waals surface area (Å²) in [6, 6.07) is 0. The van der Waals surface area contributed by atoms with Crippen LogP contribution >= 0.6 is 0 Å². The minimum absolute atomic E-state index is 0.00432. The van der Waals surface area contributed by atoms with E-state index in [2.05, 4.69) is 10.2 Å². The Labute approximate surface area is 108 Å². The van der Waals surface area contributed by atoms with E-state index < -0.39 is 27.1 Å². The van der Waals surface area contributed by atoms with Crippen molar-refractivity contribution in [1.82, 2.24) is 14.4 Å². The van der Waals surface area contributed by atoms with Crippen LogP contribution in [0.5, 0.6) is 0 Å². The molecule has 108 valence electrons. The first kappa shape index (κ1) is 14.3. The van der Waals surface area contributed by atoms with Crippen LogP contribution in [0.15, 0.2) is 6.20 Å². The highest BCUT2D eigenvalue weighted by molar-refractivity contribution is 7.90. The maximum absolute atomic E-state index is 12.4. The van der Waals surface area contributed by atoms with Gasteiger partial charge in [-0.05, 0) is 25.2 Å². The zero-order valence-electron chi connectivity index (χ0n) is 10.3. The van der Waals surface area contributed by atoms with E-state index in [9.17, 15) is 21.6 Å². The molecule has 0 radical (unpaired) electrons. The first-order valence-electron chi connectivity index (χ1n) is 6.00. The van der Waals surface area contributed by atoms with E-state index >= 15 is 0 Å². The van der Waals surface area contributed by atoms with E-state index in [4.69, 9.17) is 0 Å². The predicted molar refractivity (Wildman–Crippen MR) is 60.8 cm³/mol. The fourth-order valence-electron chi connectivity index (χ4n) is 2.22. The van der Waals surface area contributed by atoms with Gasteiger partial charge in [0.1, 0.15) is 0 Å². The van der Waals surface area contributed by atoms with Crippen molar-refractivity contribution < 1.29 is 21.6 Å². The summed E-state index contributed by atoms with van der Waals surface area (Å²) in [6.45, 7) is 1.70. The zero-order valence-corrected chi connectivity index (χ0v) is 11.1. The highest BCUT2D eigenvalue weighted by Crippen LogP contribution is 2.35. The molecule has 1 aromatic rings. The summed E-state index contributed by atoms with van der Waals surface area (Å²) in [5, 5.41) is 5.60. The van der Waals surface area contributed by atoms with Crippen LogP contribution in [0, 0.1) is 5.92 Å². The molecule has 0 spiro atoms. The zero-order chi connectivity index (χ0) is 14.3. The average molecular weight is 297 g/mol. The summed E-state index contributed by atoms with van der Waals surface area (Å²) in [5.74, 6) is -0.00432. The Kier molecular flexibility index (Phi) is 3.59. The van der Waals surface area contributed by atoms with Crippen molar-refractivity contribution in [2.45, 2.75) is 44.0 Å². The Morgan fingerprint density at radius 1 is 1.47 bits per heavy atom. The van der Waals surface area contributed by atoms with E-state index in [0.29, 0.717) is 12.6 Å². The van der Waals surface area contributed by atoms with Crippen LogP contribution in [0.2, 0.25) is 0 Å². The van der Waals surface area contributed by atoms with Gasteiger partial charge >= 0.3 is 6.18 Å². The number of hydrogen-bond acceptors (Lipinski definition) is 4. The van der Waals surface area contributed by atoms with Crippen LogP contribution in [0.3, 0.4) is 0 Å². The predicted octanol–water partition coefficient (Wildman–Crippen LogP) is 2.05. The SMILES string of the molecule is CCC(C1CCC1)S(=O)(=O)n1ncc(C(F)(F)F)n1. The molecular weight excluding hydrogens is 283 g/mol. The largest absolute Gasteiger partial charge is 0.436 e. The first-order chi connectivity index (χ1) is 8.76. The maximum Gasteiger partial charge on any atom is 0.436 e. The molecule has 5 nitrogen and oxygen atoms in total. The van der Waals surface area contributed by atoms with E-state index in [1.54, 1.807) is 6.92 Å². The second kappa shape index (κ2) is 4.77. The van der Waals surface area contributed by atoms with E-state index in [-0.39, 0.29) is 10.1 Å². The van der Waals surface area contributed by atoms with Gasteiger partial charge in [0.05, 0.1) is 11.4 Å². The van der Waals surface area contributed by atoms with Gasteiger partial charge in [-0.15, -0.1) is 10.2 Å². The van der Waals surface area contributed by atoms with Crippen LogP contribution in [0.4, 0.5) is 13.2 Å². The Balaban J connectivity index is 2.30. The monoisotopic (exact) mass is 297 g/mol. The minimum atomic E-state index is -4.69. The third-order valence-corrected chi connectivity index (χ3v) is 5.57. The summed E-state index contributed by atoms with van der Waals surface area (Å²) in [4.78, 5) is 0. The van der Waals surface area contributed by atoms with Crippen molar-refractivity contribution in [2.75, 3.05) is 0 Å². The van der Waals surface area contributed by atoms with Crippen LogP contribution < -0.4 is 0 Å². The molecule has 1 aromatic heterocycles. The number of alkyl halides is 3. The molecule has 0 aliphatic heterocycles. The quantitative estimate of drug-likeness (QED) is 0.853. The summed E-state index contributed by atoms with van der Waals surface area (Å²) >= 11 is 0. The molecule has 1 atom stereocenters. The lowest BCUT2D eigenvalue weighted by atomic mass is 9.82. The van der Waals surface area contributed by atoms with Gasteiger partial charge < -0.3 is 0 Å². The molecule has 1 saturated carbocycles. The van der Waals surface area contributed by atoms with E-state index in [0.717, 1.165) is 19.3 Å². The third-order valence-electron chi connectivity index (χ3n) is 3.45. The number of nitrogens with zero attached hydrogens (tertiary/aromatic N) is 3. The van der Waals surface area contributed by atoms with Crippen molar-refractivity contribution in [3.8, 4) is 0 Å². The van der Waals surface area contributed by atoms with Gasteiger partial charge in [-0.2, -0.15) is 13.2 Å². The van der Waals surface area contributed by atoms with Crippen molar-refractivity contribution in [1.29, 1.82) is 0 Å². The standard InChI is InChI=1S/C10H14F3N3O2S/c1-2-8(7-4-3-5-7)19(17,18)16-14-6-9(15-16)10(11,12)13/h6-8H,2-5H2,1H3. The molecule has 1 unspecified atom stereocenters. The molecule has 1 heterocycles. The molecule has 1 aliphatic carbocycles. The second-order valence-corrected chi connectivity index (χ2v) is 6.60. The van der Waals surface area contributed by atoms with Crippen molar-refractivity contribution in [3.63, 3.8) is 0 Å². The molecule has 0 amide bonds. The number of aromatic nitrogens is 3. The molecule has 19 heavy (non-hydrogen) atoms. The Hall–Kier alpha value is -1.12. The second-order valence-electron chi connectivity index (χ2n) is 4.63. The smallest absolute Gasteiger partial charge is 0.203 e. The Morgan fingerprint density at radius 2 is 2.11 bits per heavy atom. The lowest BCUT2D eigenvalue weighted by Gasteiger charge is -2.31. The normalized spacial score (nSPS) is 19.2. The molecular formula is C10H14F3N3O2S. The molecule has 9 heteroatoms. The topological polar surface area (TPSA) is 64.8 Å². The Morgan fingerprint density at radius 3 is 2.47 bits per heavy atom. The minimum Gasteiger partial charge on any atom is -0.203 e. The van der Waals surface area contributed by atoms with Crippen molar-refractivity contribution >= 4 is 10.0 Å². The highest BCUT2D eigenvalue weighted by atomic mass is 32.2. The number of rotatable bonds is 4. The fourth-order valence-corrected chi connectivity index (χ4v) is 4.02. The molecule has 1 fully saturated rings. The van der Waals surface area contributed by atoms with Gasteiger partial charge in [0, 0.05) is 0 Å². The van der Waals surface area contributed by atoms with Crippen LogP contribution in [0.1, 0.15) is 38.3 Å². The first-order valence-corrected chi connectivity index (χ1v) is 7.51.